The second-order valence-corrected chi connectivity index (χ2v) is 4.99. The van der Waals surface area contributed by atoms with Crippen molar-refractivity contribution in [3.05, 3.63) is 34.4 Å². The zero-order valence-corrected chi connectivity index (χ0v) is 12.2. The summed E-state index contributed by atoms with van der Waals surface area (Å²) in [5.41, 5.74) is 0.739. The number of nitrogens with one attached hydrogen (secondary N) is 1. The lowest BCUT2D eigenvalue weighted by molar-refractivity contribution is -0.384. The fraction of sp³-hybridized carbons (Fsp3) is 0.500. The van der Waals surface area contributed by atoms with Gasteiger partial charge in [-0.05, 0) is 24.8 Å². The number of anilines is 1. The highest BCUT2D eigenvalue weighted by molar-refractivity contribution is 7.76. The van der Waals surface area contributed by atoms with Crippen LogP contribution in [0.3, 0.4) is 0 Å². The molecule has 0 bridgehead atoms. The predicted octanol–water partition coefficient (Wildman–Crippen LogP) is 1.17. The molecule has 0 amide bonds. The minimum Gasteiger partial charge on any atom is -0.760 e. The average Bonchev–Trinajstić information content (AvgIpc) is 2.46. The summed E-state index contributed by atoms with van der Waals surface area (Å²) in [5.74, 6) is 0.545. The third-order valence-electron chi connectivity index (χ3n) is 3.02. The molecule has 0 aliphatic carbocycles. The van der Waals surface area contributed by atoms with E-state index >= 15 is 0 Å². The van der Waals surface area contributed by atoms with Crippen LogP contribution in [0.4, 0.5) is 11.4 Å². The second-order valence-electron chi connectivity index (χ2n) is 4.47. The highest BCUT2D eigenvalue weighted by Gasteiger charge is 2.16. The zero-order chi connectivity index (χ0) is 15.7. The van der Waals surface area contributed by atoms with Gasteiger partial charge in [-0.15, -0.1) is 0 Å². The zero-order valence-electron chi connectivity index (χ0n) is 11.4. The van der Waals surface area contributed by atoms with Crippen LogP contribution in [0.15, 0.2) is 24.3 Å². The van der Waals surface area contributed by atoms with Gasteiger partial charge in [-0.2, -0.15) is 0 Å². The number of benzene rings is 1. The summed E-state index contributed by atoms with van der Waals surface area (Å²) in [6.07, 6.45) is 2.04. The largest absolute Gasteiger partial charge is 0.760 e. The topological polar surface area (TPSA) is 131 Å². The summed E-state index contributed by atoms with van der Waals surface area (Å²) in [5, 5.41) is 18.0. The van der Waals surface area contributed by atoms with Gasteiger partial charge in [-0.25, -0.2) is 0 Å². The quantitative estimate of drug-likeness (QED) is 0.487. The van der Waals surface area contributed by atoms with Crippen molar-refractivity contribution < 1.29 is 18.4 Å². The molecule has 1 aliphatic rings. The molecule has 1 aromatic rings. The van der Waals surface area contributed by atoms with E-state index in [9.17, 15) is 10.1 Å². The Bertz CT molecular complexity index is 476. The van der Waals surface area contributed by atoms with Crippen LogP contribution in [-0.2, 0) is 16.0 Å². The van der Waals surface area contributed by atoms with Crippen LogP contribution in [0.5, 0.6) is 0 Å². The number of ether oxygens (including phenoxy) is 1. The molecule has 21 heavy (non-hydrogen) atoms. The van der Waals surface area contributed by atoms with Crippen LogP contribution >= 0.6 is 0 Å². The lowest BCUT2D eigenvalue weighted by Gasteiger charge is -2.22. The first-order valence-corrected chi connectivity index (χ1v) is 7.53. The first-order chi connectivity index (χ1) is 10.0. The summed E-state index contributed by atoms with van der Waals surface area (Å²) < 4.78 is 22.8. The van der Waals surface area contributed by atoms with Crippen LogP contribution in [0.1, 0.15) is 12.8 Å². The molecule has 1 heterocycles. The molecule has 118 valence electrons. The van der Waals surface area contributed by atoms with Crippen molar-refractivity contribution in [2.45, 2.75) is 12.8 Å². The van der Waals surface area contributed by atoms with E-state index in [4.69, 9.17) is 13.5 Å². The smallest absolute Gasteiger partial charge is 0.292 e. The maximum atomic E-state index is 10.8. The lowest BCUT2D eigenvalue weighted by atomic mass is 10.0. The molecule has 3 N–H and O–H groups in total. The molecule has 0 radical (unpaired) electrons. The summed E-state index contributed by atoms with van der Waals surface area (Å²) in [4.78, 5) is 10.5. The molecule has 1 aromatic carbocycles. The fourth-order valence-electron chi connectivity index (χ4n) is 1.99. The van der Waals surface area contributed by atoms with Crippen molar-refractivity contribution in [3.8, 4) is 0 Å². The minimum absolute atomic E-state index is 0.138. The Labute approximate surface area is 125 Å². The number of hydrogen-bond donors (Lipinski definition) is 2. The summed E-state index contributed by atoms with van der Waals surface area (Å²) >= 11 is -2.36. The third kappa shape index (κ3) is 7.14. The molecule has 1 aliphatic heterocycles. The Hall–Kier alpha value is -1.55. The van der Waals surface area contributed by atoms with Gasteiger partial charge in [-0.3, -0.25) is 19.5 Å². The Kier molecular flexibility index (Phi) is 7.83. The molecule has 2 rings (SSSR count). The highest BCUT2D eigenvalue weighted by atomic mass is 32.2. The Morgan fingerprint density at radius 3 is 2.52 bits per heavy atom. The number of nitro benzene ring substituents is 1. The van der Waals surface area contributed by atoms with Crippen molar-refractivity contribution in [2.24, 2.45) is 11.1 Å². The molecule has 0 spiro atoms. The van der Waals surface area contributed by atoms with Gasteiger partial charge in [0.05, 0.1) is 4.92 Å². The van der Waals surface area contributed by atoms with Gasteiger partial charge in [0.25, 0.3) is 5.69 Å². The molecule has 0 aromatic heterocycles. The minimum atomic E-state index is -2.36. The number of nitrogens with two attached hydrogens (primary N) is 1. The Morgan fingerprint density at radius 1 is 1.38 bits per heavy atom. The average molecular weight is 316 g/mol. The van der Waals surface area contributed by atoms with Gasteiger partial charge in [-0.1, -0.05) is 12.1 Å². The normalized spacial score (nSPS) is 16.5. The van der Waals surface area contributed by atoms with Crippen molar-refractivity contribution in [1.82, 2.24) is 0 Å². The summed E-state index contributed by atoms with van der Waals surface area (Å²) in [6.45, 7) is 2.36. The maximum Gasteiger partial charge on any atom is 0.292 e. The maximum absolute atomic E-state index is 10.8. The van der Waals surface area contributed by atoms with Crippen molar-refractivity contribution in [3.63, 3.8) is 0 Å². The molecular formula is C12H18N3O5S-. The van der Waals surface area contributed by atoms with Gasteiger partial charge in [0.2, 0.25) is 0 Å². The number of hydrogen-bond acceptors (Lipinski definition) is 6. The third-order valence-corrected chi connectivity index (χ3v) is 3.02. The van der Waals surface area contributed by atoms with Crippen LogP contribution in [-0.4, -0.2) is 33.4 Å². The van der Waals surface area contributed by atoms with E-state index in [-0.39, 0.29) is 10.6 Å². The number of rotatable bonds is 4. The first kappa shape index (κ1) is 17.5. The molecule has 0 saturated carbocycles. The SMILES string of the molecule is NS(=O)[O-].O=[N+]([O-])c1ccccc1NCC1CCOCC1. The van der Waals surface area contributed by atoms with E-state index in [0.717, 1.165) is 32.6 Å². The lowest BCUT2D eigenvalue weighted by Crippen LogP contribution is -2.22. The van der Waals surface area contributed by atoms with E-state index in [0.29, 0.717) is 11.6 Å². The number of nitrogens with zero attached hydrogens (tertiary/aromatic N) is 1. The van der Waals surface area contributed by atoms with Crippen LogP contribution in [0.2, 0.25) is 0 Å². The van der Waals surface area contributed by atoms with E-state index in [2.05, 4.69) is 10.5 Å². The van der Waals surface area contributed by atoms with Crippen LogP contribution < -0.4 is 10.5 Å². The Balaban J connectivity index is 0.000000491. The van der Waals surface area contributed by atoms with Gasteiger partial charge in [0, 0.05) is 37.1 Å². The second kappa shape index (κ2) is 9.40. The standard InChI is InChI=1S/C12H16N2O3.H3NO2S/c15-14(16)12-4-2-1-3-11(12)13-9-10-5-7-17-8-6-10;1-4(2)3/h1-4,10,13H,5-9H2;1H2,(H,2,3)/p-1. The van der Waals surface area contributed by atoms with Crippen molar-refractivity contribution in [2.75, 3.05) is 25.1 Å². The van der Waals surface area contributed by atoms with E-state index in [1.165, 1.54) is 6.07 Å². The molecule has 1 fully saturated rings. The number of nitro groups is 1. The van der Waals surface area contributed by atoms with Crippen LogP contribution in [0.25, 0.3) is 0 Å². The summed E-state index contributed by atoms with van der Waals surface area (Å²) in [6, 6.07) is 6.75. The van der Waals surface area contributed by atoms with E-state index in [1.54, 1.807) is 18.2 Å². The van der Waals surface area contributed by atoms with Gasteiger partial charge in [0.1, 0.15) is 5.69 Å². The molecule has 1 atom stereocenters. The predicted molar refractivity (Wildman–Crippen MR) is 78.2 cm³/mol. The fourth-order valence-corrected chi connectivity index (χ4v) is 1.99. The monoisotopic (exact) mass is 316 g/mol. The van der Waals surface area contributed by atoms with Gasteiger partial charge >= 0.3 is 0 Å². The molecular weight excluding hydrogens is 298 g/mol. The van der Waals surface area contributed by atoms with Gasteiger partial charge < -0.3 is 14.6 Å². The molecule has 8 nitrogen and oxygen atoms in total. The van der Waals surface area contributed by atoms with E-state index in [1.807, 2.05) is 0 Å². The number of para-hydroxylation sites is 2. The summed E-state index contributed by atoms with van der Waals surface area (Å²) in [7, 11) is 0. The van der Waals surface area contributed by atoms with E-state index < -0.39 is 11.3 Å². The molecule has 1 unspecified atom stereocenters. The molecule has 1 saturated heterocycles. The van der Waals surface area contributed by atoms with Crippen LogP contribution in [0, 0.1) is 16.0 Å². The highest BCUT2D eigenvalue weighted by Crippen LogP contribution is 2.24. The molecule has 9 heteroatoms. The van der Waals surface area contributed by atoms with Crippen molar-refractivity contribution in [1.29, 1.82) is 0 Å². The van der Waals surface area contributed by atoms with Gasteiger partial charge in [0.15, 0.2) is 0 Å². The van der Waals surface area contributed by atoms with Crippen molar-refractivity contribution >= 4 is 22.6 Å². The Morgan fingerprint density at radius 2 is 1.95 bits per heavy atom. The first-order valence-electron chi connectivity index (χ1n) is 6.39.